The van der Waals surface area contributed by atoms with E-state index in [1.807, 2.05) is 12.1 Å². The predicted molar refractivity (Wildman–Crippen MR) is 75.9 cm³/mol. The van der Waals surface area contributed by atoms with Gasteiger partial charge in [0.2, 0.25) is 0 Å². The van der Waals surface area contributed by atoms with Crippen molar-refractivity contribution in [2.24, 2.45) is 5.73 Å². The second-order valence-corrected chi connectivity index (χ2v) is 4.10. The van der Waals surface area contributed by atoms with Crippen molar-refractivity contribution in [2.75, 3.05) is 38.8 Å². The normalized spacial score (nSPS) is 10.3. The van der Waals surface area contributed by atoms with Gasteiger partial charge in [0.1, 0.15) is 10.8 Å². The van der Waals surface area contributed by atoms with Gasteiger partial charge in [-0.15, -0.1) is 0 Å². The fourth-order valence-electron chi connectivity index (χ4n) is 1.31. The smallest absolute Gasteiger partial charge is 0.126 e. The number of nitrogens with one attached hydrogen (secondary N) is 1. The molecule has 0 unspecified atom stereocenters. The maximum Gasteiger partial charge on any atom is 0.126 e. The molecule has 0 radical (unpaired) electrons. The van der Waals surface area contributed by atoms with Crippen LogP contribution in [-0.2, 0) is 9.47 Å². The molecule has 1 rings (SSSR count). The zero-order valence-corrected chi connectivity index (χ0v) is 11.3. The first-order chi connectivity index (χ1) is 8.74. The molecule has 1 heterocycles. The summed E-state index contributed by atoms with van der Waals surface area (Å²) in [6.07, 6.45) is 0.905. The summed E-state index contributed by atoms with van der Waals surface area (Å²) < 4.78 is 10.2. The van der Waals surface area contributed by atoms with E-state index < -0.39 is 0 Å². The molecule has 0 aliphatic carbocycles. The lowest BCUT2D eigenvalue weighted by Crippen LogP contribution is -2.13. The van der Waals surface area contributed by atoms with E-state index in [0.717, 1.165) is 18.8 Å². The van der Waals surface area contributed by atoms with Crippen LogP contribution in [0.25, 0.3) is 0 Å². The van der Waals surface area contributed by atoms with Crippen LogP contribution in [0.4, 0.5) is 5.82 Å². The number of hydrogen-bond acceptors (Lipinski definition) is 5. The average molecular weight is 269 g/mol. The molecule has 0 saturated carbocycles. The molecular weight excluding hydrogens is 250 g/mol. The number of nitrogens with zero attached hydrogens (tertiary/aromatic N) is 1. The van der Waals surface area contributed by atoms with Gasteiger partial charge in [-0.1, -0.05) is 18.3 Å². The second kappa shape index (κ2) is 8.79. The Hall–Kier alpha value is -1.24. The van der Waals surface area contributed by atoms with Crippen LogP contribution in [-0.4, -0.2) is 43.4 Å². The Morgan fingerprint density at radius 2 is 2.22 bits per heavy atom. The fraction of sp³-hybridized carbons (Fsp3) is 0.500. The molecule has 6 heteroatoms. The molecule has 100 valence electrons. The Balaban J connectivity index is 2.19. The third kappa shape index (κ3) is 5.90. The number of ether oxygens (including phenoxy) is 2. The van der Waals surface area contributed by atoms with Crippen molar-refractivity contribution in [3.05, 3.63) is 23.9 Å². The van der Waals surface area contributed by atoms with Crippen molar-refractivity contribution in [3.8, 4) is 0 Å². The summed E-state index contributed by atoms with van der Waals surface area (Å²) in [4.78, 5) is 4.59. The maximum absolute atomic E-state index is 5.51. The summed E-state index contributed by atoms with van der Waals surface area (Å²) in [7, 11) is 1.66. The molecule has 1 aromatic rings. The first-order valence-electron chi connectivity index (χ1n) is 5.81. The van der Waals surface area contributed by atoms with Gasteiger partial charge < -0.3 is 20.5 Å². The van der Waals surface area contributed by atoms with Crippen LogP contribution >= 0.6 is 12.2 Å². The van der Waals surface area contributed by atoms with E-state index in [4.69, 9.17) is 27.4 Å². The number of nitrogens with two attached hydrogens (primary N) is 1. The van der Waals surface area contributed by atoms with Gasteiger partial charge in [-0.3, -0.25) is 0 Å². The van der Waals surface area contributed by atoms with Gasteiger partial charge in [0.15, 0.2) is 0 Å². The zero-order chi connectivity index (χ0) is 13.2. The molecule has 1 aromatic heterocycles. The number of methoxy groups -OCH3 is 1. The Bertz CT molecular complexity index is 374. The van der Waals surface area contributed by atoms with Crippen molar-refractivity contribution in [2.45, 2.75) is 6.42 Å². The molecule has 5 nitrogen and oxygen atoms in total. The van der Waals surface area contributed by atoms with Crippen LogP contribution in [0, 0.1) is 0 Å². The summed E-state index contributed by atoms with van der Waals surface area (Å²) >= 11 is 4.87. The largest absolute Gasteiger partial charge is 0.388 e. The van der Waals surface area contributed by atoms with Crippen LogP contribution in [0.2, 0.25) is 0 Å². The molecule has 0 atom stereocenters. The molecule has 0 fully saturated rings. The minimum atomic E-state index is 0.307. The minimum absolute atomic E-state index is 0.307. The van der Waals surface area contributed by atoms with E-state index in [2.05, 4.69) is 10.3 Å². The number of rotatable bonds is 9. The second-order valence-electron chi connectivity index (χ2n) is 3.66. The Kier molecular flexibility index (Phi) is 7.24. The lowest BCUT2D eigenvalue weighted by atomic mass is 10.3. The van der Waals surface area contributed by atoms with Gasteiger partial charge in [-0.25, -0.2) is 4.98 Å². The van der Waals surface area contributed by atoms with Crippen molar-refractivity contribution in [1.82, 2.24) is 4.98 Å². The van der Waals surface area contributed by atoms with Gasteiger partial charge in [-0.05, 0) is 18.6 Å². The summed E-state index contributed by atoms with van der Waals surface area (Å²) in [6.45, 7) is 2.75. The predicted octanol–water partition coefficient (Wildman–Crippen LogP) is 1.18. The van der Waals surface area contributed by atoms with Crippen LogP contribution in [0.15, 0.2) is 18.2 Å². The number of anilines is 1. The van der Waals surface area contributed by atoms with E-state index in [9.17, 15) is 0 Å². The quantitative estimate of drug-likeness (QED) is 0.518. The third-order valence-corrected chi connectivity index (χ3v) is 2.41. The van der Waals surface area contributed by atoms with Gasteiger partial charge >= 0.3 is 0 Å². The van der Waals surface area contributed by atoms with Gasteiger partial charge in [-0.2, -0.15) is 0 Å². The van der Waals surface area contributed by atoms with Crippen LogP contribution in [0.1, 0.15) is 12.1 Å². The Labute approximate surface area is 113 Å². The molecule has 0 amide bonds. The first-order valence-corrected chi connectivity index (χ1v) is 6.22. The summed E-state index contributed by atoms with van der Waals surface area (Å²) in [5, 5.41) is 3.19. The number of aromatic nitrogens is 1. The average Bonchev–Trinajstić information content (AvgIpc) is 2.38. The summed E-state index contributed by atoms with van der Waals surface area (Å²) in [6, 6.07) is 5.55. The van der Waals surface area contributed by atoms with E-state index in [0.29, 0.717) is 30.5 Å². The van der Waals surface area contributed by atoms with E-state index in [-0.39, 0.29) is 0 Å². The lowest BCUT2D eigenvalue weighted by Gasteiger charge is -2.07. The highest BCUT2D eigenvalue weighted by molar-refractivity contribution is 7.80. The topological polar surface area (TPSA) is 69.4 Å². The first kappa shape index (κ1) is 14.8. The highest BCUT2D eigenvalue weighted by atomic mass is 32.1. The summed E-state index contributed by atoms with van der Waals surface area (Å²) in [5.41, 5.74) is 6.15. The standard InChI is InChI=1S/C12H19N3O2S/c1-16-8-9-17-7-3-6-14-11-5-2-4-10(15-11)12(13)18/h2,4-5H,3,6-9H2,1H3,(H2,13,18)(H,14,15). The highest BCUT2D eigenvalue weighted by Crippen LogP contribution is 2.04. The Morgan fingerprint density at radius 3 is 2.94 bits per heavy atom. The SMILES string of the molecule is COCCOCCCNc1cccc(C(N)=S)n1. The van der Waals surface area contributed by atoms with E-state index >= 15 is 0 Å². The Morgan fingerprint density at radius 1 is 1.39 bits per heavy atom. The highest BCUT2D eigenvalue weighted by Gasteiger charge is 1.99. The van der Waals surface area contributed by atoms with E-state index in [1.165, 1.54) is 0 Å². The summed E-state index contributed by atoms with van der Waals surface area (Å²) in [5.74, 6) is 0.775. The molecular formula is C12H19N3O2S. The number of pyridine rings is 1. The molecule has 0 saturated heterocycles. The van der Waals surface area contributed by atoms with Crippen molar-refractivity contribution in [1.29, 1.82) is 0 Å². The third-order valence-electron chi connectivity index (χ3n) is 2.20. The monoisotopic (exact) mass is 269 g/mol. The molecule has 0 aromatic carbocycles. The van der Waals surface area contributed by atoms with Crippen molar-refractivity contribution >= 4 is 23.0 Å². The van der Waals surface area contributed by atoms with Crippen molar-refractivity contribution < 1.29 is 9.47 Å². The minimum Gasteiger partial charge on any atom is -0.388 e. The fourth-order valence-corrected chi connectivity index (χ4v) is 1.42. The van der Waals surface area contributed by atoms with Crippen LogP contribution in [0.5, 0.6) is 0 Å². The molecule has 0 bridgehead atoms. The molecule has 3 N–H and O–H groups in total. The van der Waals surface area contributed by atoms with Crippen molar-refractivity contribution in [3.63, 3.8) is 0 Å². The zero-order valence-electron chi connectivity index (χ0n) is 10.5. The maximum atomic E-state index is 5.51. The number of thiocarbonyl (C=S) groups is 1. The van der Waals surface area contributed by atoms with Crippen LogP contribution in [0.3, 0.4) is 0 Å². The number of hydrogen-bond donors (Lipinski definition) is 2. The van der Waals surface area contributed by atoms with Gasteiger partial charge in [0.25, 0.3) is 0 Å². The molecule has 18 heavy (non-hydrogen) atoms. The molecule has 0 aliphatic rings. The van der Waals surface area contributed by atoms with Crippen LogP contribution < -0.4 is 11.1 Å². The van der Waals surface area contributed by atoms with E-state index in [1.54, 1.807) is 13.2 Å². The molecule has 0 spiro atoms. The lowest BCUT2D eigenvalue weighted by molar-refractivity contribution is 0.0705. The van der Waals surface area contributed by atoms with Gasteiger partial charge in [0, 0.05) is 20.3 Å². The van der Waals surface area contributed by atoms with Gasteiger partial charge in [0.05, 0.1) is 18.9 Å². The molecule has 0 aliphatic heterocycles.